The largest absolute Gasteiger partial charge is 0.481 e. The second-order valence-corrected chi connectivity index (χ2v) is 8.44. The molecule has 0 unspecified atom stereocenters. The van der Waals surface area contributed by atoms with Gasteiger partial charge in [0, 0.05) is 36.5 Å². The maximum atomic E-state index is 12.9. The summed E-state index contributed by atoms with van der Waals surface area (Å²) in [5.41, 5.74) is 0.410. The fraction of sp³-hybridized carbons (Fsp3) is 0.565. The number of aryl methyl sites for hydroxylation is 1. The third kappa shape index (κ3) is 3.90. The van der Waals surface area contributed by atoms with E-state index in [-0.39, 0.29) is 17.5 Å². The predicted molar refractivity (Wildman–Crippen MR) is 110 cm³/mol. The first kappa shape index (κ1) is 20.0. The molecule has 0 spiro atoms. The minimum Gasteiger partial charge on any atom is -0.481 e. The van der Waals surface area contributed by atoms with E-state index in [0.717, 1.165) is 43.1 Å². The molecule has 4 rings (SSSR count). The maximum Gasteiger partial charge on any atom is 0.336 e. The summed E-state index contributed by atoms with van der Waals surface area (Å²) < 4.78 is 11.2. The lowest BCUT2D eigenvalue weighted by Gasteiger charge is -2.47. The summed E-state index contributed by atoms with van der Waals surface area (Å²) in [5.74, 6) is 0.589. The van der Waals surface area contributed by atoms with Crippen molar-refractivity contribution in [2.45, 2.75) is 64.1 Å². The fourth-order valence-electron chi connectivity index (χ4n) is 4.86. The molecule has 6 heteroatoms. The molecule has 3 atom stereocenters. The molecule has 156 valence electrons. The lowest BCUT2D eigenvalue weighted by atomic mass is 9.71. The van der Waals surface area contributed by atoms with Gasteiger partial charge >= 0.3 is 5.63 Å². The molecule has 2 aliphatic rings. The van der Waals surface area contributed by atoms with E-state index in [9.17, 15) is 14.7 Å². The quantitative estimate of drug-likeness (QED) is 0.798. The number of amides is 1. The summed E-state index contributed by atoms with van der Waals surface area (Å²) in [5, 5.41) is 11.7. The lowest BCUT2D eigenvalue weighted by molar-refractivity contribution is -0.149. The van der Waals surface area contributed by atoms with E-state index in [4.69, 9.17) is 9.15 Å². The van der Waals surface area contributed by atoms with E-state index in [2.05, 4.69) is 0 Å². The number of ether oxygens (including phenoxy) is 1. The van der Waals surface area contributed by atoms with Crippen molar-refractivity contribution in [1.29, 1.82) is 0 Å². The number of aliphatic hydroxyl groups is 1. The van der Waals surface area contributed by atoms with Gasteiger partial charge in [-0.1, -0.05) is 19.8 Å². The van der Waals surface area contributed by atoms with Gasteiger partial charge in [-0.05, 0) is 50.3 Å². The van der Waals surface area contributed by atoms with E-state index in [0.29, 0.717) is 30.8 Å². The Morgan fingerprint density at radius 1 is 1.34 bits per heavy atom. The molecular formula is C23H29NO5. The Kier molecular flexibility index (Phi) is 5.38. The van der Waals surface area contributed by atoms with Gasteiger partial charge in [0.2, 0.25) is 0 Å². The first-order valence-corrected chi connectivity index (χ1v) is 10.6. The van der Waals surface area contributed by atoms with Crippen molar-refractivity contribution < 1.29 is 19.1 Å². The van der Waals surface area contributed by atoms with Crippen LogP contribution in [0.5, 0.6) is 5.75 Å². The van der Waals surface area contributed by atoms with Crippen molar-refractivity contribution in [2.24, 2.45) is 5.92 Å². The smallest absolute Gasteiger partial charge is 0.336 e. The Bertz CT molecular complexity index is 967. The van der Waals surface area contributed by atoms with Gasteiger partial charge in [-0.15, -0.1) is 0 Å². The van der Waals surface area contributed by atoms with Crippen LogP contribution in [0.1, 0.15) is 51.5 Å². The van der Waals surface area contributed by atoms with Crippen molar-refractivity contribution in [3.8, 4) is 5.75 Å². The Morgan fingerprint density at radius 2 is 2.17 bits per heavy atom. The van der Waals surface area contributed by atoms with Crippen molar-refractivity contribution in [3.05, 3.63) is 40.2 Å². The molecule has 6 nitrogen and oxygen atoms in total. The minimum absolute atomic E-state index is 0.0681. The standard InChI is InChI=1S/C23H29NO5/c1-3-16-12-21(25)29-20-13-18(7-8-19(16)20)28-15(2)22(26)24-11-10-23(27)9-5-4-6-17(23)14-24/h7-8,12-13,15,17,27H,3-6,9-11,14H2,1-2H3/t15-,17-,23+/m0/s1. The summed E-state index contributed by atoms with van der Waals surface area (Å²) >= 11 is 0. The number of carbonyl (C=O) groups excluding carboxylic acids is 1. The molecule has 1 amide bonds. The highest BCUT2D eigenvalue weighted by molar-refractivity contribution is 5.83. The number of benzene rings is 1. The van der Waals surface area contributed by atoms with Crippen LogP contribution in [0.2, 0.25) is 0 Å². The minimum atomic E-state index is -0.650. The maximum absolute atomic E-state index is 12.9. The van der Waals surface area contributed by atoms with Gasteiger partial charge in [0.05, 0.1) is 5.60 Å². The van der Waals surface area contributed by atoms with Crippen LogP contribution in [0.25, 0.3) is 11.0 Å². The van der Waals surface area contributed by atoms with Gasteiger partial charge < -0.3 is 19.2 Å². The number of fused-ring (bicyclic) bond motifs is 2. The zero-order valence-electron chi connectivity index (χ0n) is 17.1. The second kappa shape index (κ2) is 7.82. The summed E-state index contributed by atoms with van der Waals surface area (Å²) in [4.78, 5) is 26.5. The monoisotopic (exact) mass is 399 g/mol. The molecule has 2 heterocycles. The molecule has 1 N–H and O–H groups in total. The Hall–Kier alpha value is -2.34. The van der Waals surface area contributed by atoms with Crippen LogP contribution in [0.15, 0.2) is 33.5 Å². The molecule has 29 heavy (non-hydrogen) atoms. The number of rotatable bonds is 4. The molecule has 1 aliphatic carbocycles. The molecule has 2 fully saturated rings. The lowest BCUT2D eigenvalue weighted by Crippen LogP contribution is -2.56. The second-order valence-electron chi connectivity index (χ2n) is 8.44. The Labute approximate surface area is 170 Å². The number of likely N-dealkylation sites (tertiary alicyclic amines) is 1. The van der Waals surface area contributed by atoms with Crippen molar-refractivity contribution >= 4 is 16.9 Å². The Balaban J connectivity index is 1.47. The molecule has 2 aromatic rings. The van der Waals surface area contributed by atoms with Crippen molar-refractivity contribution in [2.75, 3.05) is 13.1 Å². The highest BCUT2D eigenvalue weighted by Gasteiger charge is 2.44. The van der Waals surface area contributed by atoms with Crippen LogP contribution in [0, 0.1) is 5.92 Å². The van der Waals surface area contributed by atoms with Crippen molar-refractivity contribution in [1.82, 2.24) is 4.90 Å². The van der Waals surface area contributed by atoms with Gasteiger partial charge in [-0.25, -0.2) is 4.79 Å². The Morgan fingerprint density at radius 3 is 2.97 bits per heavy atom. The average molecular weight is 399 g/mol. The number of hydrogen-bond acceptors (Lipinski definition) is 5. The van der Waals surface area contributed by atoms with Crippen LogP contribution in [-0.4, -0.2) is 40.7 Å². The zero-order valence-corrected chi connectivity index (χ0v) is 17.1. The summed E-state index contributed by atoms with van der Waals surface area (Å²) in [6.07, 6.45) is 4.72. The van der Waals surface area contributed by atoms with Crippen LogP contribution < -0.4 is 10.4 Å². The van der Waals surface area contributed by atoms with Crippen molar-refractivity contribution in [3.63, 3.8) is 0 Å². The van der Waals surface area contributed by atoms with Crippen LogP contribution >= 0.6 is 0 Å². The highest BCUT2D eigenvalue weighted by Crippen LogP contribution is 2.40. The molecule has 1 aromatic heterocycles. The summed E-state index contributed by atoms with van der Waals surface area (Å²) in [6, 6.07) is 6.86. The van der Waals surface area contributed by atoms with E-state index in [1.165, 1.54) is 6.07 Å². The molecule has 0 bridgehead atoms. The van der Waals surface area contributed by atoms with Gasteiger partial charge in [0.25, 0.3) is 5.91 Å². The molecular weight excluding hydrogens is 370 g/mol. The number of nitrogens with zero attached hydrogens (tertiary/aromatic N) is 1. The van der Waals surface area contributed by atoms with Gasteiger partial charge in [-0.3, -0.25) is 4.79 Å². The summed E-state index contributed by atoms with van der Waals surface area (Å²) in [6.45, 7) is 4.89. The number of hydrogen-bond donors (Lipinski definition) is 1. The first-order valence-electron chi connectivity index (χ1n) is 10.6. The molecule has 1 aliphatic heterocycles. The number of carbonyl (C=O) groups is 1. The van der Waals surface area contributed by atoms with Gasteiger partial charge in [-0.2, -0.15) is 0 Å². The topological polar surface area (TPSA) is 80.0 Å². The fourth-order valence-corrected chi connectivity index (χ4v) is 4.86. The first-order chi connectivity index (χ1) is 13.9. The number of piperidine rings is 1. The molecule has 1 aromatic carbocycles. The third-order valence-electron chi connectivity index (χ3n) is 6.58. The predicted octanol–water partition coefficient (Wildman–Crippen LogP) is 3.28. The van der Waals surface area contributed by atoms with E-state index >= 15 is 0 Å². The molecule has 1 saturated heterocycles. The SMILES string of the molecule is CCc1cc(=O)oc2cc(O[C@@H](C)C(=O)N3CC[C@]4(O)CCCC[C@H]4C3)ccc12. The van der Waals surface area contributed by atoms with Crippen LogP contribution in [0.3, 0.4) is 0 Å². The van der Waals surface area contributed by atoms with E-state index in [1.54, 1.807) is 19.1 Å². The van der Waals surface area contributed by atoms with E-state index in [1.807, 2.05) is 17.9 Å². The molecule has 0 radical (unpaired) electrons. The summed E-state index contributed by atoms with van der Waals surface area (Å²) in [7, 11) is 0. The van der Waals surface area contributed by atoms with E-state index < -0.39 is 11.7 Å². The normalized spacial score (nSPS) is 25.5. The van der Waals surface area contributed by atoms with Gasteiger partial charge in [0.15, 0.2) is 6.10 Å². The van der Waals surface area contributed by atoms with Gasteiger partial charge in [0.1, 0.15) is 11.3 Å². The zero-order chi connectivity index (χ0) is 20.6. The highest BCUT2D eigenvalue weighted by atomic mass is 16.5. The average Bonchev–Trinajstić information content (AvgIpc) is 2.71. The van der Waals surface area contributed by atoms with Crippen LogP contribution in [0.4, 0.5) is 0 Å². The third-order valence-corrected chi connectivity index (χ3v) is 6.58. The van der Waals surface area contributed by atoms with Crippen LogP contribution in [-0.2, 0) is 11.2 Å². The molecule has 1 saturated carbocycles.